The molecule has 0 heterocycles. The summed E-state index contributed by atoms with van der Waals surface area (Å²) in [6.07, 6.45) is -5.58. The molecule has 0 saturated carbocycles. The number of nitro groups is 1. The number of nitrogens with two attached hydrogens (primary N) is 1. The number of hydrogen-bond acceptors (Lipinski definition) is 5. The van der Waals surface area contributed by atoms with Crippen LogP contribution >= 0.6 is 0 Å². The van der Waals surface area contributed by atoms with Crippen molar-refractivity contribution in [3.05, 3.63) is 33.9 Å². The van der Waals surface area contributed by atoms with E-state index in [9.17, 15) is 23.3 Å². The van der Waals surface area contributed by atoms with Crippen LogP contribution in [0.5, 0.6) is 5.75 Å². The predicted octanol–water partition coefficient (Wildman–Crippen LogP) is 2.41. The van der Waals surface area contributed by atoms with Gasteiger partial charge in [0.2, 0.25) is 0 Å². The molecule has 0 radical (unpaired) electrons. The number of amidine groups is 1. The predicted molar refractivity (Wildman–Crippen MR) is 66.4 cm³/mol. The average molecular weight is 307 g/mol. The molecule has 3 N–H and O–H groups in total. The van der Waals surface area contributed by atoms with Gasteiger partial charge in [-0.2, -0.15) is 13.2 Å². The van der Waals surface area contributed by atoms with E-state index in [2.05, 4.69) is 5.16 Å². The lowest BCUT2D eigenvalue weighted by molar-refractivity contribution is -0.384. The summed E-state index contributed by atoms with van der Waals surface area (Å²) in [4.78, 5) is 9.95. The minimum absolute atomic E-state index is 0.00178. The quantitative estimate of drug-likeness (QED) is 0.209. The van der Waals surface area contributed by atoms with Crippen molar-refractivity contribution >= 4 is 11.5 Å². The van der Waals surface area contributed by atoms with Crippen molar-refractivity contribution in [1.82, 2.24) is 0 Å². The van der Waals surface area contributed by atoms with Gasteiger partial charge in [-0.25, -0.2) is 0 Å². The highest BCUT2D eigenvalue weighted by Crippen LogP contribution is 2.25. The minimum atomic E-state index is -4.28. The molecule has 7 nitrogen and oxygen atoms in total. The molecule has 0 aliphatic rings. The number of nitrogens with zero attached hydrogens (tertiary/aromatic N) is 2. The molecule has 0 aromatic heterocycles. The molecule has 1 aromatic carbocycles. The van der Waals surface area contributed by atoms with Crippen molar-refractivity contribution in [2.75, 3.05) is 6.61 Å². The van der Waals surface area contributed by atoms with E-state index in [0.29, 0.717) is 0 Å². The van der Waals surface area contributed by atoms with Crippen molar-refractivity contribution in [3.8, 4) is 5.75 Å². The van der Waals surface area contributed by atoms with Gasteiger partial charge in [-0.15, -0.1) is 0 Å². The van der Waals surface area contributed by atoms with E-state index < -0.39 is 23.4 Å². The fourth-order valence-electron chi connectivity index (χ4n) is 1.47. The number of non-ortho nitro benzene ring substituents is 1. The van der Waals surface area contributed by atoms with Gasteiger partial charge in [0.1, 0.15) is 5.75 Å². The van der Waals surface area contributed by atoms with Crippen LogP contribution < -0.4 is 10.5 Å². The number of ether oxygens (including phenoxy) is 1. The fraction of sp³-hybridized carbons (Fsp3) is 0.364. The van der Waals surface area contributed by atoms with Crippen LogP contribution in [-0.4, -0.2) is 28.7 Å². The first-order valence-corrected chi connectivity index (χ1v) is 5.70. The number of alkyl halides is 3. The normalized spacial score (nSPS) is 12.2. The number of oxime groups is 1. The Balaban J connectivity index is 2.84. The lowest BCUT2D eigenvalue weighted by Crippen LogP contribution is -2.16. The highest BCUT2D eigenvalue weighted by atomic mass is 19.4. The molecule has 0 fully saturated rings. The van der Waals surface area contributed by atoms with E-state index in [1.165, 1.54) is 6.07 Å². The SMILES string of the molecule is N/C(=N/O)c1cc([N+](=O)[O-])ccc1OCCCC(F)(F)F. The van der Waals surface area contributed by atoms with Crippen LogP contribution in [0.15, 0.2) is 23.4 Å². The lowest BCUT2D eigenvalue weighted by atomic mass is 10.1. The molecule has 1 rings (SSSR count). The smallest absolute Gasteiger partial charge is 0.389 e. The zero-order chi connectivity index (χ0) is 16.0. The van der Waals surface area contributed by atoms with E-state index in [1.807, 2.05) is 0 Å². The Bertz CT molecular complexity index is 546. The summed E-state index contributed by atoms with van der Waals surface area (Å²) >= 11 is 0. The van der Waals surface area contributed by atoms with Crippen molar-refractivity contribution in [3.63, 3.8) is 0 Å². The molecule has 0 atom stereocenters. The van der Waals surface area contributed by atoms with Crippen molar-refractivity contribution in [1.29, 1.82) is 0 Å². The summed E-state index contributed by atoms with van der Waals surface area (Å²) in [5, 5.41) is 22.0. The van der Waals surface area contributed by atoms with Gasteiger partial charge in [0.05, 0.1) is 17.1 Å². The second kappa shape index (κ2) is 6.77. The molecule has 0 saturated heterocycles. The largest absolute Gasteiger partial charge is 0.493 e. The summed E-state index contributed by atoms with van der Waals surface area (Å²) in [5.74, 6) is -0.442. The molecule has 116 valence electrons. The molecule has 0 spiro atoms. The van der Waals surface area contributed by atoms with E-state index >= 15 is 0 Å². The van der Waals surface area contributed by atoms with Gasteiger partial charge in [-0.3, -0.25) is 10.1 Å². The maximum absolute atomic E-state index is 12.0. The van der Waals surface area contributed by atoms with Gasteiger partial charge in [-0.1, -0.05) is 5.16 Å². The molecule has 10 heteroatoms. The zero-order valence-electron chi connectivity index (χ0n) is 10.6. The second-order valence-corrected chi connectivity index (χ2v) is 3.99. The van der Waals surface area contributed by atoms with E-state index in [1.54, 1.807) is 0 Å². The summed E-state index contributed by atoms with van der Waals surface area (Å²) < 4.78 is 41.0. The highest BCUT2D eigenvalue weighted by molar-refractivity contribution is 6.00. The van der Waals surface area contributed by atoms with Crippen molar-refractivity contribution < 1.29 is 28.0 Å². The van der Waals surface area contributed by atoms with Gasteiger partial charge in [0, 0.05) is 18.6 Å². The number of halogens is 3. The van der Waals surface area contributed by atoms with E-state index in [4.69, 9.17) is 15.7 Å². The Morgan fingerprint density at radius 1 is 1.48 bits per heavy atom. The van der Waals surface area contributed by atoms with Crippen LogP contribution in [0, 0.1) is 10.1 Å². The topological polar surface area (TPSA) is 111 Å². The average Bonchev–Trinajstić information content (AvgIpc) is 2.41. The highest BCUT2D eigenvalue weighted by Gasteiger charge is 2.26. The Morgan fingerprint density at radius 3 is 2.67 bits per heavy atom. The first-order chi connectivity index (χ1) is 9.74. The van der Waals surface area contributed by atoms with Gasteiger partial charge in [-0.05, 0) is 12.5 Å². The Labute approximate surface area is 117 Å². The van der Waals surface area contributed by atoms with Gasteiger partial charge in [0.15, 0.2) is 5.84 Å². The molecule has 0 amide bonds. The van der Waals surface area contributed by atoms with Crippen LogP contribution in [0.1, 0.15) is 18.4 Å². The molecule has 0 aliphatic carbocycles. The molecular weight excluding hydrogens is 295 g/mol. The first kappa shape index (κ1) is 16.5. The van der Waals surface area contributed by atoms with Crippen molar-refractivity contribution in [2.24, 2.45) is 10.9 Å². The summed E-state index contributed by atoms with van der Waals surface area (Å²) in [5.41, 5.74) is 4.96. The zero-order valence-corrected chi connectivity index (χ0v) is 10.6. The monoisotopic (exact) mass is 307 g/mol. The third kappa shape index (κ3) is 5.16. The van der Waals surface area contributed by atoms with E-state index in [-0.39, 0.29) is 30.0 Å². The maximum atomic E-state index is 12.0. The van der Waals surface area contributed by atoms with Gasteiger partial charge < -0.3 is 15.7 Å². The third-order valence-corrected chi connectivity index (χ3v) is 2.42. The summed E-state index contributed by atoms with van der Waals surface area (Å²) in [7, 11) is 0. The Morgan fingerprint density at radius 2 is 2.14 bits per heavy atom. The summed E-state index contributed by atoms with van der Waals surface area (Å²) in [6.45, 7) is -0.261. The molecular formula is C11H12F3N3O4. The fourth-order valence-corrected chi connectivity index (χ4v) is 1.47. The minimum Gasteiger partial charge on any atom is -0.493 e. The number of nitro benzene ring substituents is 1. The third-order valence-electron chi connectivity index (χ3n) is 2.42. The number of hydrogen-bond donors (Lipinski definition) is 2. The standard InChI is InChI=1S/C11H12F3N3O4/c12-11(13,14)4-1-5-21-9-3-2-7(17(19)20)6-8(9)10(15)16-18/h2-3,6,18H,1,4-5H2,(H2,15,16). The van der Waals surface area contributed by atoms with Crippen LogP contribution in [0.25, 0.3) is 0 Å². The maximum Gasteiger partial charge on any atom is 0.389 e. The van der Waals surface area contributed by atoms with Crippen LogP contribution in [0.4, 0.5) is 18.9 Å². The van der Waals surface area contributed by atoms with E-state index in [0.717, 1.165) is 12.1 Å². The van der Waals surface area contributed by atoms with Gasteiger partial charge >= 0.3 is 6.18 Å². The molecule has 1 aromatic rings. The van der Waals surface area contributed by atoms with Gasteiger partial charge in [0.25, 0.3) is 5.69 Å². The van der Waals surface area contributed by atoms with Crippen LogP contribution in [0.3, 0.4) is 0 Å². The number of benzene rings is 1. The van der Waals surface area contributed by atoms with Crippen LogP contribution in [-0.2, 0) is 0 Å². The van der Waals surface area contributed by atoms with Crippen LogP contribution in [0.2, 0.25) is 0 Å². The molecule has 0 bridgehead atoms. The molecule has 21 heavy (non-hydrogen) atoms. The van der Waals surface area contributed by atoms with Crippen molar-refractivity contribution in [2.45, 2.75) is 19.0 Å². The number of rotatable bonds is 6. The summed E-state index contributed by atoms with van der Waals surface area (Å²) in [6, 6.07) is 3.29. The molecule has 0 aliphatic heterocycles. The lowest BCUT2D eigenvalue weighted by Gasteiger charge is -2.11. The Hall–Kier alpha value is -2.52. The second-order valence-electron chi connectivity index (χ2n) is 3.99. The molecule has 0 unspecified atom stereocenters. The first-order valence-electron chi connectivity index (χ1n) is 5.70. The Kier molecular flexibility index (Phi) is 5.33.